The zero-order valence-corrected chi connectivity index (χ0v) is 19.5. The van der Waals surface area contributed by atoms with Crippen molar-refractivity contribution >= 4 is 62.4 Å². The second-order valence-electron chi connectivity index (χ2n) is 6.96. The molecule has 8 heteroatoms. The molecule has 30 heavy (non-hydrogen) atoms. The number of hydrogen-bond donors (Lipinski definition) is 0. The normalized spacial score (nSPS) is 18.0. The molecule has 0 spiro atoms. The fraction of sp³-hybridized carbons (Fsp3) is 0.0909. The lowest BCUT2D eigenvalue weighted by atomic mass is 9.94. The van der Waals surface area contributed by atoms with E-state index >= 15 is 0 Å². The number of hydrogen-bond acceptors (Lipinski definition) is 3. The molecule has 5 rings (SSSR count). The maximum Gasteiger partial charge on any atom is 0.164 e. The lowest BCUT2D eigenvalue weighted by Crippen LogP contribution is -2.38. The minimum atomic E-state index is -0.286. The van der Waals surface area contributed by atoms with Crippen molar-refractivity contribution in [3.63, 3.8) is 0 Å². The lowest BCUT2D eigenvalue weighted by Gasteiger charge is -2.39. The molecular formula is C22H14BrCl3N4. The van der Waals surface area contributed by atoms with Crippen LogP contribution in [-0.2, 0) is 0 Å². The Morgan fingerprint density at radius 3 is 2.50 bits per heavy atom. The predicted molar refractivity (Wildman–Crippen MR) is 126 cm³/mol. The predicted octanol–water partition coefficient (Wildman–Crippen LogP) is 7.16. The van der Waals surface area contributed by atoms with E-state index in [1.807, 2.05) is 65.0 Å². The highest BCUT2D eigenvalue weighted by Gasteiger charge is 2.40. The molecule has 1 aromatic heterocycles. The van der Waals surface area contributed by atoms with Crippen molar-refractivity contribution in [1.82, 2.24) is 14.7 Å². The van der Waals surface area contributed by atoms with Crippen molar-refractivity contribution in [3.8, 4) is 5.69 Å². The molecule has 0 N–H and O–H groups in total. The Bertz CT molecular complexity index is 1260. The summed E-state index contributed by atoms with van der Waals surface area (Å²) in [5, 5.41) is 5.98. The molecule has 0 radical (unpaired) electrons. The molecule has 2 aliphatic rings. The van der Waals surface area contributed by atoms with Crippen LogP contribution >= 0.6 is 50.7 Å². The van der Waals surface area contributed by atoms with Crippen molar-refractivity contribution < 1.29 is 0 Å². The van der Waals surface area contributed by atoms with Crippen LogP contribution < -0.4 is 0 Å². The van der Waals surface area contributed by atoms with Gasteiger partial charge in [0.15, 0.2) is 11.7 Å². The highest BCUT2D eigenvalue weighted by atomic mass is 79.9. The zero-order chi connectivity index (χ0) is 21.0. The van der Waals surface area contributed by atoms with Crippen molar-refractivity contribution in [2.75, 3.05) is 0 Å². The van der Waals surface area contributed by atoms with Crippen molar-refractivity contribution in [1.29, 1.82) is 0 Å². The Morgan fingerprint density at radius 1 is 1.00 bits per heavy atom. The van der Waals surface area contributed by atoms with Crippen molar-refractivity contribution in [2.24, 2.45) is 4.99 Å². The first kappa shape index (κ1) is 19.9. The first-order valence-electron chi connectivity index (χ1n) is 9.17. The molecule has 0 saturated carbocycles. The third-order valence-corrected chi connectivity index (χ3v) is 6.64. The molecule has 3 heterocycles. The first-order chi connectivity index (χ1) is 14.5. The van der Waals surface area contributed by atoms with Crippen LogP contribution in [0.15, 0.2) is 85.4 Å². The van der Waals surface area contributed by atoms with Crippen LogP contribution in [-0.4, -0.2) is 20.5 Å². The quantitative estimate of drug-likeness (QED) is 0.336. The summed E-state index contributed by atoms with van der Waals surface area (Å²) in [4.78, 5) is 6.76. The molecule has 2 aliphatic heterocycles. The summed E-state index contributed by atoms with van der Waals surface area (Å²) in [6.45, 7) is 1.98. The van der Waals surface area contributed by atoms with E-state index < -0.39 is 0 Å². The number of aliphatic imine (C=N–C) groups is 1. The Morgan fingerprint density at radius 2 is 1.77 bits per heavy atom. The van der Waals surface area contributed by atoms with Gasteiger partial charge in [-0.2, -0.15) is 5.10 Å². The summed E-state index contributed by atoms with van der Waals surface area (Å²) in [5.41, 5.74) is 3.74. The second kappa shape index (κ2) is 7.57. The molecule has 0 unspecified atom stereocenters. The monoisotopic (exact) mass is 518 g/mol. The molecule has 0 aliphatic carbocycles. The van der Waals surface area contributed by atoms with Crippen molar-refractivity contribution in [3.05, 3.63) is 97.2 Å². The summed E-state index contributed by atoms with van der Waals surface area (Å²) < 4.78 is 2.81. The van der Waals surface area contributed by atoms with Crippen LogP contribution in [0.25, 0.3) is 5.69 Å². The maximum absolute atomic E-state index is 6.68. The Labute approximate surface area is 197 Å². The fourth-order valence-electron chi connectivity index (χ4n) is 3.83. The highest BCUT2D eigenvalue weighted by molar-refractivity contribution is 9.10. The van der Waals surface area contributed by atoms with Gasteiger partial charge >= 0.3 is 0 Å². The van der Waals surface area contributed by atoms with Crippen LogP contribution in [0.3, 0.4) is 0 Å². The molecule has 0 saturated heterocycles. The van der Waals surface area contributed by atoms with E-state index in [2.05, 4.69) is 22.0 Å². The van der Waals surface area contributed by atoms with Gasteiger partial charge in [-0.05, 0) is 42.8 Å². The summed E-state index contributed by atoms with van der Waals surface area (Å²) in [7, 11) is 0. The van der Waals surface area contributed by atoms with Gasteiger partial charge in [-0.25, -0.2) is 9.67 Å². The largest absolute Gasteiger partial charge is 0.302 e. The van der Waals surface area contributed by atoms with Gasteiger partial charge in [0.05, 0.1) is 27.5 Å². The van der Waals surface area contributed by atoms with Crippen LogP contribution in [0, 0.1) is 6.92 Å². The number of amidine groups is 1. The topological polar surface area (TPSA) is 33.4 Å². The third kappa shape index (κ3) is 3.12. The summed E-state index contributed by atoms with van der Waals surface area (Å²) in [6, 6.07) is 17.7. The lowest BCUT2D eigenvalue weighted by molar-refractivity contribution is 0.448. The number of nitrogens with zero attached hydrogens (tertiary/aromatic N) is 4. The van der Waals surface area contributed by atoms with Crippen LogP contribution in [0.2, 0.25) is 0 Å². The van der Waals surface area contributed by atoms with Gasteiger partial charge in [-0.3, -0.25) is 0 Å². The smallest absolute Gasteiger partial charge is 0.164 e. The molecule has 150 valence electrons. The van der Waals surface area contributed by atoms with Gasteiger partial charge in [0.1, 0.15) is 5.16 Å². The van der Waals surface area contributed by atoms with Gasteiger partial charge < -0.3 is 4.90 Å². The van der Waals surface area contributed by atoms with Crippen LogP contribution in [0.4, 0.5) is 5.82 Å². The van der Waals surface area contributed by atoms with Gasteiger partial charge in [0, 0.05) is 10.0 Å². The standard InChI is InChI=1S/C22H14BrCl3N4/c1-12-18-19(13-6-5-7-14(23)10-13)29-20(26)16(24)11-17(25)21(29)27-22(18)30(28-12)15-8-3-2-4-9-15/h2-11,19H,1H3/t19-/m1/s1. The number of aromatic nitrogens is 2. The summed E-state index contributed by atoms with van der Waals surface area (Å²) >= 11 is 23.2. The maximum atomic E-state index is 6.68. The van der Waals surface area contributed by atoms with E-state index in [0.29, 0.717) is 21.1 Å². The minimum absolute atomic E-state index is 0.286. The average molecular weight is 521 g/mol. The van der Waals surface area contributed by atoms with E-state index in [1.54, 1.807) is 6.08 Å². The van der Waals surface area contributed by atoms with Crippen molar-refractivity contribution in [2.45, 2.75) is 13.0 Å². The first-order valence-corrected chi connectivity index (χ1v) is 11.1. The average Bonchev–Trinajstić information content (AvgIpc) is 3.08. The van der Waals surface area contributed by atoms with Gasteiger partial charge in [-0.1, -0.05) is 81.1 Å². The Kier molecular flexibility index (Phi) is 5.02. The van der Waals surface area contributed by atoms with Gasteiger partial charge in [0.25, 0.3) is 0 Å². The van der Waals surface area contributed by atoms with Crippen LogP contribution in [0.5, 0.6) is 0 Å². The van der Waals surface area contributed by atoms with Crippen LogP contribution in [0.1, 0.15) is 22.9 Å². The number of allylic oxidation sites excluding steroid dienone is 2. The Balaban J connectivity index is 1.82. The Hall–Kier alpha value is -2.05. The fourth-order valence-corrected chi connectivity index (χ4v) is 4.97. The number of aryl methyl sites for hydroxylation is 1. The number of rotatable bonds is 2. The molecule has 0 amide bonds. The van der Waals surface area contributed by atoms with E-state index in [-0.39, 0.29) is 6.04 Å². The van der Waals surface area contributed by atoms with E-state index in [9.17, 15) is 0 Å². The second-order valence-corrected chi connectivity index (χ2v) is 9.05. The third-order valence-electron chi connectivity index (χ3n) is 5.09. The SMILES string of the molecule is Cc1nn(-c2ccccc2)c2c1[C@@H](c1cccc(Br)c1)N1C(=N2)C(Cl)=CC(Cl)=C1Cl. The number of fused-ring (bicyclic) bond motifs is 2. The van der Waals surface area contributed by atoms with Gasteiger partial charge in [0.2, 0.25) is 0 Å². The number of benzene rings is 2. The molecule has 4 nitrogen and oxygen atoms in total. The van der Waals surface area contributed by atoms with E-state index in [1.165, 1.54) is 0 Å². The molecule has 0 bridgehead atoms. The van der Waals surface area contributed by atoms with E-state index in [4.69, 9.17) is 44.9 Å². The number of halogens is 4. The molecular weight excluding hydrogens is 507 g/mol. The zero-order valence-electron chi connectivity index (χ0n) is 15.7. The summed E-state index contributed by atoms with van der Waals surface area (Å²) in [5.74, 6) is 1.27. The molecule has 0 fully saturated rings. The number of para-hydroxylation sites is 1. The minimum Gasteiger partial charge on any atom is -0.302 e. The molecule has 2 aromatic carbocycles. The highest BCUT2D eigenvalue weighted by Crippen LogP contribution is 2.48. The molecule has 3 aromatic rings. The molecule has 1 atom stereocenters. The summed E-state index contributed by atoms with van der Waals surface area (Å²) in [6.07, 6.45) is 1.62. The van der Waals surface area contributed by atoms with E-state index in [0.717, 1.165) is 32.8 Å². The van der Waals surface area contributed by atoms with Gasteiger partial charge in [-0.15, -0.1) is 0 Å².